The van der Waals surface area contributed by atoms with Crippen LogP contribution in [0.4, 0.5) is 0 Å². The lowest BCUT2D eigenvalue weighted by molar-refractivity contribution is -0.128. The van der Waals surface area contributed by atoms with Crippen molar-refractivity contribution in [2.75, 3.05) is 6.54 Å². The molecule has 1 aliphatic rings. The van der Waals surface area contributed by atoms with Crippen LogP contribution < -0.4 is 16.4 Å². The number of rotatable bonds is 5. The summed E-state index contributed by atoms with van der Waals surface area (Å²) in [5.74, 6) is -0.544. The van der Waals surface area contributed by atoms with E-state index < -0.39 is 11.9 Å². The van der Waals surface area contributed by atoms with Gasteiger partial charge in [-0.15, -0.1) is 12.4 Å². The molecule has 0 spiro atoms. The van der Waals surface area contributed by atoms with Crippen molar-refractivity contribution in [3.05, 3.63) is 0 Å². The van der Waals surface area contributed by atoms with E-state index in [1.165, 1.54) is 0 Å². The minimum absolute atomic E-state index is 0. The molecule has 2 atom stereocenters. The number of nitrogens with one attached hydrogen (secondary N) is 2. The van der Waals surface area contributed by atoms with Crippen LogP contribution in [0.15, 0.2) is 0 Å². The van der Waals surface area contributed by atoms with Gasteiger partial charge in [0.2, 0.25) is 11.8 Å². The zero-order valence-corrected chi connectivity index (χ0v) is 11.2. The number of hydrogen-bond donors (Lipinski definition) is 3. The molecule has 0 aromatic rings. The first-order valence-corrected chi connectivity index (χ1v) is 5.82. The number of primary amides is 1. The minimum Gasteiger partial charge on any atom is -0.368 e. The second kappa shape index (κ2) is 7.50. The first-order valence-electron chi connectivity index (χ1n) is 5.82. The number of hydrogen-bond acceptors (Lipinski definition) is 3. The fourth-order valence-electron chi connectivity index (χ4n) is 1.95. The molecule has 0 saturated carbocycles. The lowest BCUT2D eigenvalue weighted by Crippen LogP contribution is -2.48. The first kappa shape index (κ1) is 16.2. The average molecular weight is 264 g/mol. The molecular formula is C11H22ClN3O2. The fraction of sp³-hybridized carbons (Fsp3) is 0.818. The number of amides is 2. The van der Waals surface area contributed by atoms with E-state index in [9.17, 15) is 9.59 Å². The molecule has 0 aliphatic carbocycles. The quantitative estimate of drug-likeness (QED) is 0.661. The van der Waals surface area contributed by atoms with Gasteiger partial charge in [-0.05, 0) is 25.3 Å². The molecule has 100 valence electrons. The summed E-state index contributed by atoms with van der Waals surface area (Å²) in [6.45, 7) is 4.70. The van der Waals surface area contributed by atoms with E-state index in [1.54, 1.807) is 0 Å². The third-order valence-electron chi connectivity index (χ3n) is 2.88. The fourth-order valence-corrected chi connectivity index (χ4v) is 1.95. The van der Waals surface area contributed by atoms with Crippen molar-refractivity contribution in [3.8, 4) is 0 Å². The zero-order valence-electron chi connectivity index (χ0n) is 10.4. The average Bonchev–Trinajstić information content (AvgIpc) is 2.65. The summed E-state index contributed by atoms with van der Waals surface area (Å²) in [6.07, 6.45) is 2.56. The van der Waals surface area contributed by atoms with Crippen molar-refractivity contribution in [2.45, 2.75) is 45.2 Å². The summed E-state index contributed by atoms with van der Waals surface area (Å²) < 4.78 is 0. The standard InChI is InChI=1S/C11H21N3O2.ClH/c1-7(2)10(11(12)16)14-9(15)6-8-4-3-5-13-8;/h7-8,10,13H,3-6H2,1-2H3,(H2,12,16)(H,14,15);1H. The lowest BCUT2D eigenvalue weighted by Gasteiger charge is -2.20. The van der Waals surface area contributed by atoms with Crippen molar-refractivity contribution >= 4 is 24.2 Å². The van der Waals surface area contributed by atoms with Gasteiger partial charge in [0, 0.05) is 12.5 Å². The van der Waals surface area contributed by atoms with Crippen LogP contribution in [0.3, 0.4) is 0 Å². The Bertz CT molecular complexity index is 265. The molecule has 1 fully saturated rings. The van der Waals surface area contributed by atoms with Gasteiger partial charge in [0.05, 0.1) is 0 Å². The predicted molar refractivity (Wildman–Crippen MR) is 68.9 cm³/mol. The van der Waals surface area contributed by atoms with Gasteiger partial charge in [-0.2, -0.15) is 0 Å². The van der Waals surface area contributed by atoms with Gasteiger partial charge in [0.1, 0.15) is 6.04 Å². The van der Waals surface area contributed by atoms with Crippen LogP contribution in [-0.4, -0.2) is 30.4 Å². The first-order chi connectivity index (χ1) is 7.50. The number of halogens is 1. The Labute approximate surface area is 108 Å². The summed E-state index contributed by atoms with van der Waals surface area (Å²) in [6, 6.07) is -0.311. The van der Waals surface area contributed by atoms with Crippen LogP contribution >= 0.6 is 12.4 Å². The Morgan fingerprint density at radius 2 is 2.12 bits per heavy atom. The Morgan fingerprint density at radius 3 is 2.53 bits per heavy atom. The maximum Gasteiger partial charge on any atom is 0.240 e. The van der Waals surface area contributed by atoms with E-state index in [1.807, 2.05) is 13.8 Å². The summed E-state index contributed by atoms with van der Waals surface area (Å²) >= 11 is 0. The highest BCUT2D eigenvalue weighted by Gasteiger charge is 2.24. The summed E-state index contributed by atoms with van der Waals surface area (Å²) in [5, 5.41) is 5.93. The largest absolute Gasteiger partial charge is 0.368 e. The lowest BCUT2D eigenvalue weighted by atomic mass is 10.0. The monoisotopic (exact) mass is 263 g/mol. The molecule has 6 heteroatoms. The van der Waals surface area contributed by atoms with Crippen molar-refractivity contribution in [2.24, 2.45) is 11.7 Å². The minimum atomic E-state index is -0.561. The van der Waals surface area contributed by atoms with E-state index in [0.717, 1.165) is 19.4 Å². The Balaban J connectivity index is 0.00000256. The van der Waals surface area contributed by atoms with Gasteiger partial charge in [0.15, 0.2) is 0 Å². The van der Waals surface area contributed by atoms with E-state index in [4.69, 9.17) is 5.73 Å². The molecule has 1 saturated heterocycles. The second-order valence-corrected chi connectivity index (χ2v) is 4.69. The number of nitrogens with two attached hydrogens (primary N) is 1. The van der Waals surface area contributed by atoms with Gasteiger partial charge in [-0.1, -0.05) is 13.8 Å². The summed E-state index contributed by atoms with van der Waals surface area (Å²) in [7, 11) is 0. The number of carbonyl (C=O) groups excluding carboxylic acids is 2. The van der Waals surface area contributed by atoms with Gasteiger partial charge in [-0.25, -0.2) is 0 Å². The molecule has 0 aromatic carbocycles. The molecule has 1 heterocycles. The highest BCUT2D eigenvalue weighted by molar-refractivity contribution is 5.87. The van der Waals surface area contributed by atoms with Gasteiger partial charge in [-0.3, -0.25) is 9.59 Å². The predicted octanol–water partition coefficient (Wildman–Crippen LogP) is 0.176. The van der Waals surface area contributed by atoms with E-state index in [0.29, 0.717) is 6.42 Å². The van der Waals surface area contributed by atoms with Crippen LogP contribution in [0.1, 0.15) is 33.1 Å². The normalized spacial score (nSPS) is 20.8. The molecule has 4 N–H and O–H groups in total. The Hall–Kier alpha value is -0.810. The third kappa shape index (κ3) is 5.37. The Morgan fingerprint density at radius 1 is 1.47 bits per heavy atom. The number of carbonyl (C=O) groups is 2. The maximum atomic E-state index is 11.7. The summed E-state index contributed by atoms with van der Waals surface area (Å²) in [5.41, 5.74) is 5.22. The topological polar surface area (TPSA) is 84.2 Å². The second-order valence-electron chi connectivity index (χ2n) is 4.69. The SMILES string of the molecule is CC(C)C(NC(=O)CC1CCCN1)C(N)=O.Cl. The van der Waals surface area contributed by atoms with E-state index in [-0.39, 0.29) is 30.3 Å². The molecule has 2 amide bonds. The van der Waals surface area contributed by atoms with Crippen molar-refractivity contribution in [1.29, 1.82) is 0 Å². The molecule has 0 radical (unpaired) electrons. The van der Waals surface area contributed by atoms with Crippen LogP contribution in [0.5, 0.6) is 0 Å². The van der Waals surface area contributed by atoms with Gasteiger partial charge >= 0.3 is 0 Å². The molecule has 5 nitrogen and oxygen atoms in total. The van der Waals surface area contributed by atoms with Crippen molar-refractivity contribution in [1.82, 2.24) is 10.6 Å². The highest BCUT2D eigenvalue weighted by atomic mass is 35.5. The zero-order chi connectivity index (χ0) is 12.1. The van der Waals surface area contributed by atoms with Crippen LogP contribution in [0, 0.1) is 5.92 Å². The van der Waals surface area contributed by atoms with Crippen LogP contribution in [-0.2, 0) is 9.59 Å². The maximum absolute atomic E-state index is 11.7. The molecule has 1 aliphatic heterocycles. The molecular weight excluding hydrogens is 242 g/mol. The smallest absolute Gasteiger partial charge is 0.240 e. The molecule has 2 unspecified atom stereocenters. The molecule has 0 aromatic heterocycles. The highest BCUT2D eigenvalue weighted by Crippen LogP contribution is 2.09. The van der Waals surface area contributed by atoms with Gasteiger partial charge < -0.3 is 16.4 Å². The van der Waals surface area contributed by atoms with Crippen molar-refractivity contribution < 1.29 is 9.59 Å². The van der Waals surface area contributed by atoms with Crippen molar-refractivity contribution in [3.63, 3.8) is 0 Å². The van der Waals surface area contributed by atoms with Gasteiger partial charge in [0.25, 0.3) is 0 Å². The van der Waals surface area contributed by atoms with E-state index >= 15 is 0 Å². The van der Waals surface area contributed by atoms with Crippen LogP contribution in [0.25, 0.3) is 0 Å². The Kier molecular flexibility index (Phi) is 7.15. The summed E-state index contributed by atoms with van der Waals surface area (Å²) in [4.78, 5) is 22.8. The molecule has 17 heavy (non-hydrogen) atoms. The van der Waals surface area contributed by atoms with E-state index in [2.05, 4.69) is 10.6 Å². The molecule has 0 bridgehead atoms. The molecule has 1 rings (SSSR count). The van der Waals surface area contributed by atoms with Crippen LogP contribution in [0.2, 0.25) is 0 Å². The third-order valence-corrected chi connectivity index (χ3v) is 2.88.